The molecular weight excluding hydrogens is 249 g/mol. The molecule has 3 heteroatoms. The lowest BCUT2D eigenvalue weighted by atomic mass is 10.2. The minimum absolute atomic E-state index is 0. The van der Waals surface area contributed by atoms with E-state index in [1.54, 1.807) is 0 Å². The fourth-order valence-corrected chi connectivity index (χ4v) is 1.15. The molecule has 0 radical (unpaired) electrons. The third kappa shape index (κ3) is 5.09. The average molecular weight is 263 g/mol. The Morgan fingerprint density at radius 3 is 2.38 bits per heavy atom. The summed E-state index contributed by atoms with van der Waals surface area (Å²) in [6, 6.07) is 8.19. The Morgan fingerprint density at radius 1 is 1.23 bits per heavy atom. The fraction of sp³-hybridized carbons (Fsp3) is 0.200. The molecule has 1 aromatic rings. The van der Waals surface area contributed by atoms with Crippen LogP contribution in [-0.4, -0.2) is 6.54 Å². The molecule has 0 unspecified atom stereocenters. The van der Waals surface area contributed by atoms with Gasteiger partial charge in [-0.1, -0.05) is 40.2 Å². The Bertz CT molecular complexity index is 256. The summed E-state index contributed by atoms with van der Waals surface area (Å²) in [7, 11) is 0. The van der Waals surface area contributed by atoms with Gasteiger partial charge in [0.15, 0.2) is 0 Å². The molecule has 1 nitrogen and oxygen atoms in total. The Morgan fingerprint density at radius 2 is 1.85 bits per heavy atom. The van der Waals surface area contributed by atoms with E-state index in [9.17, 15) is 0 Å². The maximum absolute atomic E-state index is 5.36. The van der Waals surface area contributed by atoms with E-state index in [0.29, 0.717) is 6.54 Å². The quantitative estimate of drug-likeness (QED) is 0.889. The van der Waals surface area contributed by atoms with E-state index in [1.165, 1.54) is 5.56 Å². The summed E-state index contributed by atoms with van der Waals surface area (Å²) in [5.41, 5.74) is 6.57. The van der Waals surface area contributed by atoms with E-state index < -0.39 is 0 Å². The van der Waals surface area contributed by atoms with Crippen molar-refractivity contribution in [2.24, 2.45) is 5.73 Å². The zero-order chi connectivity index (χ0) is 8.81. The Balaban J connectivity index is 0.00000144. The lowest BCUT2D eigenvalue weighted by Crippen LogP contribution is -1.94. The number of nitrogens with two attached hydrogens (primary N) is 1. The molecular formula is C10H13BrClN. The molecule has 1 aromatic carbocycles. The van der Waals surface area contributed by atoms with Crippen LogP contribution in [-0.2, 0) is 0 Å². The highest BCUT2D eigenvalue weighted by atomic mass is 79.9. The maximum Gasteiger partial charge on any atom is 0.0175 e. The van der Waals surface area contributed by atoms with Crippen LogP contribution >= 0.6 is 28.3 Å². The second-order valence-corrected chi connectivity index (χ2v) is 3.45. The largest absolute Gasteiger partial charge is 0.330 e. The minimum atomic E-state index is 0. The molecule has 2 N–H and O–H groups in total. The molecule has 13 heavy (non-hydrogen) atoms. The van der Waals surface area contributed by atoms with Crippen LogP contribution in [0.5, 0.6) is 0 Å². The van der Waals surface area contributed by atoms with Gasteiger partial charge in [0.05, 0.1) is 0 Å². The van der Waals surface area contributed by atoms with Gasteiger partial charge in [-0.25, -0.2) is 0 Å². The van der Waals surface area contributed by atoms with Crippen LogP contribution in [0.2, 0.25) is 0 Å². The smallest absolute Gasteiger partial charge is 0.0175 e. The van der Waals surface area contributed by atoms with Gasteiger partial charge in [-0.15, -0.1) is 12.4 Å². The Labute approximate surface area is 93.6 Å². The standard InChI is InChI=1S/C10H12BrN.ClH/c11-10-6-4-9(5-7-10)3-1-2-8-12;/h1,3-7H,2,8,12H2;1H. The van der Waals surface area contributed by atoms with Gasteiger partial charge in [0, 0.05) is 4.47 Å². The highest BCUT2D eigenvalue weighted by Crippen LogP contribution is 2.11. The maximum atomic E-state index is 5.36. The normalized spacial score (nSPS) is 10.0. The van der Waals surface area contributed by atoms with Crippen molar-refractivity contribution in [1.29, 1.82) is 0 Å². The molecule has 0 saturated heterocycles. The van der Waals surface area contributed by atoms with Crippen LogP contribution in [0.1, 0.15) is 12.0 Å². The van der Waals surface area contributed by atoms with Crippen molar-refractivity contribution in [3.8, 4) is 0 Å². The highest BCUT2D eigenvalue weighted by Gasteiger charge is 1.85. The molecule has 0 spiro atoms. The van der Waals surface area contributed by atoms with Crippen molar-refractivity contribution in [2.75, 3.05) is 6.54 Å². The van der Waals surface area contributed by atoms with E-state index in [2.05, 4.69) is 40.2 Å². The van der Waals surface area contributed by atoms with Gasteiger partial charge in [-0.05, 0) is 30.7 Å². The number of benzene rings is 1. The summed E-state index contributed by atoms with van der Waals surface area (Å²) in [6.07, 6.45) is 5.11. The molecule has 1 rings (SSSR count). The third-order valence-corrected chi connectivity index (χ3v) is 2.04. The monoisotopic (exact) mass is 261 g/mol. The second kappa shape index (κ2) is 7.13. The van der Waals surface area contributed by atoms with Crippen LogP contribution in [0.25, 0.3) is 6.08 Å². The van der Waals surface area contributed by atoms with Gasteiger partial charge in [0.25, 0.3) is 0 Å². The summed E-state index contributed by atoms with van der Waals surface area (Å²) in [6.45, 7) is 0.715. The van der Waals surface area contributed by atoms with Crippen LogP contribution in [0.15, 0.2) is 34.8 Å². The van der Waals surface area contributed by atoms with Crippen LogP contribution in [0.3, 0.4) is 0 Å². The summed E-state index contributed by atoms with van der Waals surface area (Å²) in [5.74, 6) is 0. The molecule has 0 aromatic heterocycles. The summed E-state index contributed by atoms with van der Waals surface area (Å²) in [5, 5.41) is 0. The zero-order valence-corrected chi connectivity index (χ0v) is 9.64. The van der Waals surface area contributed by atoms with E-state index in [1.807, 2.05) is 12.1 Å². The van der Waals surface area contributed by atoms with Gasteiger partial charge < -0.3 is 5.73 Å². The van der Waals surface area contributed by atoms with Crippen molar-refractivity contribution in [3.63, 3.8) is 0 Å². The van der Waals surface area contributed by atoms with Gasteiger partial charge in [-0.2, -0.15) is 0 Å². The molecule has 0 heterocycles. The number of hydrogen-bond donors (Lipinski definition) is 1. The van der Waals surface area contributed by atoms with Crippen LogP contribution in [0.4, 0.5) is 0 Å². The molecule has 0 atom stereocenters. The van der Waals surface area contributed by atoms with Gasteiger partial charge in [0.1, 0.15) is 0 Å². The first-order valence-corrected chi connectivity index (χ1v) is 4.74. The predicted octanol–water partition coefficient (Wildman–Crippen LogP) is 3.23. The van der Waals surface area contributed by atoms with Gasteiger partial charge in [-0.3, -0.25) is 0 Å². The molecule has 0 bridgehead atoms. The first-order valence-electron chi connectivity index (χ1n) is 3.95. The van der Waals surface area contributed by atoms with Crippen molar-refractivity contribution in [1.82, 2.24) is 0 Å². The van der Waals surface area contributed by atoms with Crippen molar-refractivity contribution in [2.45, 2.75) is 6.42 Å². The predicted molar refractivity (Wildman–Crippen MR) is 64.1 cm³/mol. The van der Waals surface area contributed by atoms with E-state index in [0.717, 1.165) is 10.9 Å². The molecule has 0 amide bonds. The third-order valence-electron chi connectivity index (χ3n) is 1.51. The van der Waals surface area contributed by atoms with Crippen molar-refractivity contribution < 1.29 is 0 Å². The van der Waals surface area contributed by atoms with Gasteiger partial charge >= 0.3 is 0 Å². The first kappa shape index (κ1) is 12.7. The van der Waals surface area contributed by atoms with Crippen molar-refractivity contribution in [3.05, 3.63) is 40.4 Å². The first-order chi connectivity index (χ1) is 5.83. The highest BCUT2D eigenvalue weighted by molar-refractivity contribution is 9.10. The summed E-state index contributed by atoms with van der Waals surface area (Å²) >= 11 is 3.38. The topological polar surface area (TPSA) is 26.0 Å². The molecule has 0 fully saturated rings. The van der Waals surface area contributed by atoms with E-state index in [4.69, 9.17) is 5.73 Å². The van der Waals surface area contributed by atoms with Gasteiger partial charge in [0.2, 0.25) is 0 Å². The minimum Gasteiger partial charge on any atom is -0.330 e. The number of halogens is 2. The molecule has 0 aliphatic carbocycles. The number of hydrogen-bond acceptors (Lipinski definition) is 1. The lowest BCUT2D eigenvalue weighted by molar-refractivity contribution is 1.01. The SMILES string of the molecule is Cl.NCCC=Cc1ccc(Br)cc1. The summed E-state index contributed by atoms with van der Waals surface area (Å²) < 4.78 is 1.11. The second-order valence-electron chi connectivity index (χ2n) is 2.53. The Hall–Kier alpha value is -0.310. The molecule has 0 aliphatic rings. The fourth-order valence-electron chi connectivity index (χ4n) is 0.890. The van der Waals surface area contributed by atoms with E-state index >= 15 is 0 Å². The molecule has 72 valence electrons. The zero-order valence-electron chi connectivity index (χ0n) is 7.24. The molecule has 0 saturated carbocycles. The van der Waals surface area contributed by atoms with Crippen molar-refractivity contribution >= 4 is 34.4 Å². The molecule has 0 aliphatic heterocycles. The number of rotatable bonds is 3. The van der Waals surface area contributed by atoms with Crippen LogP contribution in [0, 0.1) is 0 Å². The van der Waals surface area contributed by atoms with E-state index in [-0.39, 0.29) is 12.4 Å². The average Bonchev–Trinajstić information content (AvgIpc) is 2.09. The Kier molecular flexibility index (Phi) is 6.96. The lowest BCUT2D eigenvalue weighted by Gasteiger charge is -1.92. The van der Waals surface area contributed by atoms with Crippen LogP contribution < -0.4 is 5.73 Å². The summed E-state index contributed by atoms with van der Waals surface area (Å²) in [4.78, 5) is 0.